The molecule has 3 aromatic heterocycles. The Labute approximate surface area is 178 Å². The zero-order valence-electron chi connectivity index (χ0n) is 17.3. The molecule has 0 saturated carbocycles. The first-order chi connectivity index (χ1) is 15.0. The molecule has 1 saturated heterocycles. The maximum absolute atomic E-state index is 10.2. The molecule has 1 aromatic carbocycles. The molecule has 0 amide bonds. The quantitative estimate of drug-likeness (QED) is 0.444. The van der Waals surface area contributed by atoms with Crippen LogP contribution in [0.4, 0.5) is 17.5 Å². The molecule has 2 aliphatic heterocycles. The summed E-state index contributed by atoms with van der Waals surface area (Å²) in [6.07, 6.45) is 5.71. The topological polar surface area (TPSA) is 107 Å². The van der Waals surface area contributed by atoms with E-state index < -0.39 is 5.60 Å². The van der Waals surface area contributed by atoms with E-state index in [1.807, 2.05) is 33.8 Å². The minimum absolute atomic E-state index is 0.393. The lowest BCUT2D eigenvalue weighted by molar-refractivity contribution is 0.0662. The molecule has 31 heavy (non-hydrogen) atoms. The summed E-state index contributed by atoms with van der Waals surface area (Å²) >= 11 is 0. The first-order valence-corrected chi connectivity index (χ1v) is 10.4. The predicted molar refractivity (Wildman–Crippen MR) is 113 cm³/mol. The van der Waals surface area contributed by atoms with Gasteiger partial charge in [0.1, 0.15) is 5.69 Å². The first kappa shape index (κ1) is 18.4. The summed E-state index contributed by atoms with van der Waals surface area (Å²) in [6, 6.07) is 7.94. The van der Waals surface area contributed by atoms with Gasteiger partial charge in [-0.3, -0.25) is 9.58 Å². The average Bonchev–Trinajstić information content (AvgIpc) is 3.12. The molecular weight excluding hydrogens is 396 g/mol. The van der Waals surface area contributed by atoms with Crippen LogP contribution in [0.2, 0.25) is 0 Å². The lowest BCUT2D eigenvalue weighted by Crippen LogP contribution is -2.20. The van der Waals surface area contributed by atoms with E-state index >= 15 is 0 Å². The summed E-state index contributed by atoms with van der Waals surface area (Å²) in [5.41, 5.74) is 3.00. The molecule has 0 radical (unpaired) electrons. The fourth-order valence-corrected chi connectivity index (χ4v) is 3.99. The van der Waals surface area contributed by atoms with E-state index in [1.165, 1.54) is 0 Å². The third-order valence-electron chi connectivity index (χ3n) is 5.86. The highest BCUT2D eigenvalue weighted by molar-refractivity contribution is 5.96. The van der Waals surface area contributed by atoms with Crippen molar-refractivity contribution < 1.29 is 9.84 Å². The summed E-state index contributed by atoms with van der Waals surface area (Å²) in [5, 5.41) is 23.3. The smallest absolute Gasteiger partial charge is 0.238 e. The number of hydrogen-bond acceptors (Lipinski definition) is 8. The standard InChI is InChI=1S/C21H22N8O2/c1-21(2,30)13-3-5-15(6-4-13)29-18-16(24-26-29)11-22-20(23-18)28-17-12-27(25-19(17)28)14-7-9-31-10-8-14/h3-6,11-12,14,30H,7-10H2,1-2H3. The normalized spacial score (nSPS) is 16.7. The Balaban J connectivity index is 1.29. The van der Waals surface area contributed by atoms with Gasteiger partial charge in [-0.25, -0.2) is 4.98 Å². The van der Waals surface area contributed by atoms with Gasteiger partial charge >= 0.3 is 0 Å². The Hall–Kier alpha value is -3.37. The van der Waals surface area contributed by atoms with Crippen molar-refractivity contribution in [1.82, 2.24) is 34.7 Å². The van der Waals surface area contributed by atoms with Crippen LogP contribution in [0.15, 0.2) is 36.7 Å². The van der Waals surface area contributed by atoms with Crippen LogP contribution in [0.3, 0.4) is 0 Å². The van der Waals surface area contributed by atoms with Gasteiger partial charge in [0.2, 0.25) is 5.95 Å². The van der Waals surface area contributed by atoms with Gasteiger partial charge in [0.25, 0.3) is 0 Å². The minimum atomic E-state index is -0.900. The molecule has 1 fully saturated rings. The largest absolute Gasteiger partial charge is 0.386 e. The van der Waals surface area contributed by atoms with Crippen molar-refractivity contribution in [2.75, 3.05) is 18.1 Å². The van der Waals surface area contributed by atoms with Crippen LogP contribution in [0.5, 0.6) is 0 Å². The molecule has 2 aliphatic rings. The Morgan fingerprint density at radius 1 is 1.13 bits per heavy atom. The molecule has 0 bridgehead atoms. The molecule has 0 atom stereocenters. The van der Waals surface area contributed by atoms with Gasteiger partial charge in [0, 0.05) is 13.2 Å². The molecule has 5 heterocycles. The monoisotopic (exact) mass is 418 g/mol. The fraction of sp³-hybridized carbons (Fsp3) is 0.381. The number of aromatic nitrogens is 7. The summed E-state index contributed by atoms with van der Waals surface area (Å²) < 4.78 is 9.16. The summed E-state index contributed by atoms with van der Waals surface area (Å²) in [7, 11) is 0. The molecule has 6 rings (SSSR count). The SMILES string of the molecule is CC(C)(O)c1ccc(-n2nnc3cnc(N4c5cn(C6CCOCC6)nc54)nc32)cc1. The zero-order valence-corrected chi connectivity index (χ0v) is 17.3. The Kier molecular flexibility index (Phi) is 3.90. The van der Waals surface area contributed by atoms with Crippen molar-refractivity contribution in [2.45, 2.75) is 38.3 Å². The minimum Gasteiger partial charge on any atom is -0.386 e. The number of nitrogens with zero attached hydrogens (tertiary/aromatic N) is 8. The van der Waals surface area contributed by atoms with Crippen LogP contribution in [0.1, 0.15) is 38.3 Å². The number of benzene rings is 1. The van der Waals surface area contributed by atoms with Gasteiger partial charge in [0.15, 0.2) is 17.0 Å². The van der Waals surface area contributed by atoms with Crippen molar-refractivity contribution in [2.24, 2.45) is 0 Å². The van der Waals surface area contributed by atoms with E-state index in [0.29, 0.717) is 23.2 Å². The first-order valence-electron chi connectivity index (χ1n) is 10.4. The third-order valence-corrected chi connectivity index (χ3v) is 5.86. The molecule has 0 spiro atoms. The van der Waals surface area contributed by atoms with Crippen molar-refractivity contribution >= 4 is 28.6 Å². The highest BCUT2D eigenvalue weighted by Crippen LogP contribution is 2.51. The molecule has 1 N–H and O–H groups in total. The molecule has 10 heteroatoms. The van der Waals surface area contributed by atoms with Crippen molar-refractivity contribution in [3.05, 3.63) is 42.2 Å². The summed E-state index contributed by atoms with van der Waals surface area (Å²) in [6.45, 7) is 5.08. The van der Waals surface area contributed by atoms with E-state index in [4.69, 9.17) is 14.8 Å². The van der Waals surface area contributed by atoms with E-state index in [2.05, 4.69) is 21.5 Å². The second-order valence-corrected chi connectivity index (χ2v) is 8.48. The van der Waals surface area contributed by atoms with Crippen LogP contribution in [0, 0.1) is 0 Å². The van der Waals surface area contributed by atoms with Crippen molar-refractivity contribution in [1.29, 1.82) is 0 Å². The van der Waals surface area contributed by atoms with Gasteiger partial charge in [-0.1, -0.05) is 17.3 Å². The van der Waals surface area contributed by atoms with Gasteiger partial charge < -0.3 is 9.84 Å². The van der Waals surface area contributed by atoms with Gasteiger partial charge in [-0.15, -0.1) is 5.10 Å². The maximum atomic E-state index is 10.2. The Morgan fingerprint density at radius 3 is 2.58 bits per heavy atom. The molecule has 4 aromatic rings. The summed E-state index contributed by atoms with van der Waals surface area (Å²) in [5.74, 6) is 1.44. The van der Waals surface area contributed by atoms with Crippen LogP contribution in [-0.2, 0) is 10.3 Å². The zero-order chi connectivity index (χ0) is 21.2. The Bertz CT molecular complexity index is 1240. The lowest BCUT2D eigenvalue weighted by Gasteiger charge is -2.22. The predicted octanol–water partition coefficient (Wildman–Crippen LogP) is 2.77. The van der Waals surface area contributed by atoms with Gasteiger partial charge in [-0.2, -0.15) is 14.8 Å². The second kappa shape index (κ2) is 6.56. The number of ether oxygens (including phenoxy) is 1. The average molecular weight is 418 g/mol. The van der Waals surface area contributed by atoms with Gasteiger partial charge in [-0.05, 0) is 44.4 Å². The number of hydrogen-bond donors (Lipinski definition) is 1. The Morgan fingerprint density at radius 2 is 1.90 bits per heavy atom. The number of anilines is 3. The molecule has 158 valence electrons. The van der Waals surface area contributed by atoms with E-state index in [-0.39, 0.29) is 0 Å². The fourth-order valence-electron chi connectivity index (χ4n) is 3.99. The van der Waals surface area contributed by atoms with Crippen LogP contribution >= 0.6 is 0 Å². The molecule has 0 unspecified atom stereocenters. The highest BCUT2D eigenvalue weighted by atomic mass is 16.5. The maximum Gasteiger partial charge on any atom is 0.238 e. The number of fused-ring (bicyclic) bond motifs is 2. The van der Waals surface area contributed by atoms with Crippen molar-refractivity contribution in [3.63, 3.8) is 0 Å². The van der Waals surface area contributed by atoms with E-state index in [0.717, 1.165) is 48.8 Å². The molecule has 0 aliphatic carbocycles. The lowest BCUT2D eigenvalue weighted by atomic mass is 9.98. The van der Waals surface area contributed by atoms with Crippen molar-refractivity contribution in [3.8, 4) is 5.69 Å². The van der Waals surface area contributed by atoms with E-state index in [1.54, 1.807) is 24.7 Å². The van der Waals surface area contributed by atoms with Crippen LogP contribution in [0.25, 0.3) is 16.9 Å². The van der Waals surface area contributed by atoms with Crippen LogP contribution in [-0.4, -0.2) is 53.1 Å². The molecular formula is C21H22N8O2. The number of aliphatic hydroxyl groups is 1. The van der Waals surface area contributed by atoms with Gasteiger partial charge in [0.05, 0.1) is 29.7 Å². The van der Waals surface area contributed by atoms with E-state index in [9.17, 15) is 5.11 Å². The summed E-state index contributed by atoms with van der Waals surface area (Å²) in [4.78, 5) is 11.1. The molecule has 10 nitrogen and oxygen atoms in total. The third kappa shape index (κ3) is 3.06. The second-order valence-electron chi connectivity index (χ2n) is 8.48. The van der Waals surface area contributed by atoms with Crippen LogP contribution < -0.4 is 4.90 Å². The number of rotatable bonds is 4. The highest BCUT2D eigenvalue weighted by Gasteiger charge is 2.39.